The molecule has 0 aliphatic carbocycles. The SMILES string of the molecule is COC(=O)c1ccc([C@H](C)NC(=O)c2c(C(F)(F)F)nn3c2N(C(=O)c2ccccc2F)CC3)cc1. The Kier molecular flexibility index (Phi) is 6.53. The molecule has 1 aliphatic heterocycles. The van der Waals surface area contributed by atoms with E-state index in [-0.39, 0.29) is 30.0 Å². The summed E-state index contributed by atoms with van der Waals surface area (Å²) in [5, 5.41) is 6.04. The van der Waals surface area contributed by atoms with E-state index in [0.29, 0.717) is 5.56 Å². The van der Waals surface area contributed by atoms with Crippen LogP contribution in [0.2, 0.25) is 0 Å². The first-order valence-corrected chi connectivity index (χ1v) is 10.8. The number of carbonyl (C=O) groups is 3. The molecule has 8 nitrogen and oxygen atoms in total. The summed E-state index contributed by atoms with van der Waals surface area (Å²) < 4.78 is 61.3. The molecule has 0 spiro atoms. The maximum absolute atomic E-state index is 14.2. The number of rotatable bonds is 5. The number of anilines is 1. The highest BCUT2D eigenvalue weighted by Crippen LogP contribution is 2.39. The quantitative estimate of drug-likeness (QED) is 0.419. The average Bonchev–Trinajstić information content (AvgIpc) is 3.43. The molecule has 1 N–H and O–H groups in total. The minimum atomic E-state index is -4.98. The van der Waals surface area contributed by atoms with Gasteiger partial charge in [-0.05, 0) is 36.8 Å². The van der Waals surface area contributed by atoms with Gasteiger partial charge in [-0.2, -0.15) is 18.3 Å². The first-order valence-electron chi connectivity index (χ1n) is 10.8. The number of nitrogens with zero attached hydrogens (tertiary/aromatic N) is 3. The van der Waals surface area contributed by atoms with Crippen molar-refractivity contribution in [3.8, 4) is 0 Å². The highest BCUT2D eigenvalue weighted by molar-refractivity contribution is 6.11. The van der Waals surface area contributed by atoms with Crippen molar-refractivity contribution in [1.82, 2.24) is 15.1 Å². The standard InChI is InChI=1S/C24H20F4N4O4/c1-13(14-7-9-15(10-8-14)23(35)36-2)29-20(33)18-19(24(26,27)28)30-32-12-11-31(21(18)32)22(34)16-5-3-4-6-17(16)25/h3-10,13H,11-12H2,1-2H3,(H,29,33)/t13-/m0/s1. The number of esters is 1. The summed E-state index contributed by atoms with van der Waals surface area (Å²) in [6, 6.07) is 10.3. The lowest BCUT2D eigenvalue weighted by Gasteiger charge is -2.20. The van der Waals surface area contributed by atoms with Crippen LogP contribution in [-0.4, -0.2) is 41.2 Å². The molecule has 0 bridgehead atoms. The second-order valence-corrected chi connectivity index (χ2v) is 8.01. The van der Waals surface area contributed by atoms with Crippen LogP contribution in [0.3, 0.4) is 0 Å². The minimum Gasteiger partial charge on any atom is -0.465 e. The molecule has 0 fully saturated rings. The van der Waals surface area contributed by atoms with Crippen molar-refractivity contribution >= 4 is 23.6 Å². The number of hydrogen-bond donors (Lipinski definition) is 1. The number of amides is 2. The largest absolute Gasteiger partial charge is 0.465 e. The number of hydrogen-bond acceptors (Lipinski definition) is 5. The summed E-state index contributed by atoms with van der Waals surface area (Å²) in [5.41, 5.74) is -1.85. The van der Waals surface area contributed by atoms with Gasteiger partial charge in [0.1, 0.15) is 17.2 Å². The topological polar surface area (TPSA) is 93.5 Å². The molecule has 3 aromatic rings. The Labute approximate surface area is 202 Å². The van der Waals surface area contributed by atoms with Crippen molar-refractivity contribution in [3.63, 3.8) is 0 Å². The molecule has 2 amide bonds. The van der Waals surface area contributed by atoms with Crippen molar-refractivity contribution in [3.05, 3.63) is 82.3 Å². The number of methoxy groups -OCH3 is 1. The van der Waals surface area contributed by atoms with Crippen LogP contribution in [0.25, 0.3) is 0 Å². The van der Waals surface area contributed by atoms with Gasteiger partial charge < -0.3 is 10.1 Å². The number of fused-ring (bicyclic) bond motifs is 1. The molecular weight excluding hydrogens is 484 g/mol. The lowest BCUT2D eigenvalue weighted by Crippen LogP contribution is -2.34. The van der Waals surface area contributed by atoms with Crippen molar-refractivity contribution in [2.45, 2.75) is 25.7 Å². The van der Waals surface area contributed by atoms with E-state index in [1.165, 1.54) is 49.6 Å². The molecule has 0 saturated carbocycles. The number of nitrogens with one attached hydrogen (secondary N) is 1. The van der Waals surface area contributed by atoms with Gasteiger partial charge in [-0.3, -0.25) is 14.5 Å². The summed E-state index contributed by atoms with van der Waals surface area (Å²) >= 11 is 0. The maximum Gasteiger partial charge on any atom is 0.436 e. The number of carbonyl (C=O) groups excluding carboxylic acids is 3. The number of benzene rings is 2. The Hall–Kier alpha value is -4.22. The van der Waals surface area contributed by atoms with E-state index in [1.54, 1.807) is 6.92 Å². The third-order valence-electron chi connectivity index (χ3n) is 5.74. The molecule has 12 heteroatoms. The zero-order valence-electron chi connectivity index (χ0n) is 19.1. The van der Waals surface area contributed by atoms with Crippen molar-refractivity contribution in [2.24, 2.45) is 0 Å². The third-order valence-corrected chi connectivity index (χ3v) is 5.74. The third kappa shape index (κ3) is 4.53. The zero-order valence-corrected chi connectivity index (χ0v) is 19.1. The lowest BCUT2D eigenvalue weighted by atomic mass is 10.1. The Morgan fingerprint density at radius 1 is 1.06 bits per heavy atom. The summed E-state index contributed by atoms with van der Waals surface area (Å²) in [6.45, 7) is 1.36. The van der Waals surface area contributed by atoms with Crippen LogP contribution >= 0.6 is 0 Å². The van der Waals surface area contributed by atoms with Crippen molar-refractivity contribution < 1.29 is 36.7 Å². The Balaban J connectivity index is 1.68. The molecule has 188 valence electrons. The minimum absolute atomic E-state index is 0.0849. The Morgan fingerprint density at radius 3 is 2.33 bits per heavy atom. The van der Waals surface area contributed by atoms with E-state index >= 15 is 0 Å². The Bertz CT molecular complexity index is 1330. The van der Waals surface area contributed by atoms with Gasteiger partial charge in [-0.1, -0.05) is 24.3 Å². The van der Waals surface area contributed by atoms with Crippen molar-refractivity contribution in [1.29, 1.82) is 0 Å². The molecule has 0 saturated heterocycles. The van der Waals surface area contributed by atoms with Gasteiger partial charge in [0.2, 0.25) is 0 Å². The van der Waals surface area contributed by atoms with E-state index in [4.69, 9.17) is 0 Å². The van der Waals surface area contributed by atoms with Crippen LogP contribution in [0.4, 0.5) is 23.4 Å². The van der Waals surface area contributed by atoms with Gasteiger partial charge in [0, 0.05) is 6.54 Å². The maximum atomic E-state index is 14.2. The first kappa shape index (κ1) is 24.9. The van der Waals surface area contributed by atoms with Gasteiger partial charge in [-0.25, -0.2) is 13.9 Å². The average molecular weight is 504 g/mol. The van der Waals surface area contributed by atoms with Crippen LogP contribution in [-0.2, 0) is 17.5 Å². The summed E-state index contributed by atoms with van der Waals surface area (Å²) in [5.74, 6) is -3.77. The first-order chi connectivity index (χ1) is 17.0. The zero-order chi connectivity index (χ0) is 26.2. The van der Waals surface area contributed by atoms with E-state index in [0.717, 1.165) is 15.6 Å². The predicted molar refractivity (Wildman–Crippen MR) is 119 cm³/mol. The summed E-state index contributed by atoms with van der Waals surface area (Å²) in [6.07, 6.45) is -4.98. The van der Waals surface area contributed by atoms with Crippen LogP contribution < -0.4 is 10.2 Å². The van der Waals surface area contributed by atoms with Crippen molar-refractivity contribution in [2.75, 3.05) is 18.6 Å². The van der Waals surface area contributed by atoms with Crippen LogP contribution in [0, 0.1) is 5.82 Å². The van der Waals surface area contributed by atoms with Gasteiger partial charge in [0.05, 0.1) is 30.8 Å². The number of aromatic nitrogens is 2. The number of halogens is 4. The smallest absolute Gasteiger partial charge is 0.436 e. The molecule has 1 aromatic heterocycles. The molecule has 1 atom stereocenters. The fourth-order valence-corrected chi connectivity index (χ4v) is 3.95. The Morgan fingerprint density at radius 2 is 1.72 bits per heavy atom. The summed E-state index contributed by atoms with van der Waals surface area (Å²) in [7, 11) is 1.22. The van der Waals surface area contributed by atoms with Gasteiger partial charge >= 0.3 is 12.1 Å². The highest BCUT2D eigenvalue weighted by atomic mass is 19.4. The summed E-state index contributed by atoms with van der Waals surface area (Å²) in [4.78, 5) is 38.7. The monoisotopic (exact) mass is 504 g/mol. The molecule has 36 heavy (non-hydrogen) atoms. The van der Waals surface area contributed by atoms with Gasteiger partial charge in [0.25, 0.3) is 11.8 Å². The second kappa shape index (κ2) is 9.44. The fraction of sp³-hybridized carbons (Fsp3) is 0.250. The van der Waals surface area contributed by atoms with E-state index < -0.39 is 47.1 Å². The van der Waals surface area contributed by atoms with E-state index in [9.17, 15) is 31.9 Å². The molecule has 4 rings (SSSR count). The highest BCUT2D eigenvalue weighted by Gasteiger charge is 2.45. The van der Waals surface area contributed by atoms with Crippen LogP contribution in [0.15, 0.2) is 48.5 Å². The fourth-order valence-electron chi connectivity index (χ4n) is 3.95. The molecule has 2 aromatic carbocycles. The van der Waals surface area contributed by atoms with Crippen LogP contribution in [0.1, 0.15) is 55.3 Å². The van der Waals surface area contributed by atoms with E-state index in [1.807, 2.05) is 0 Å². The second-order valence-electron chi connectivity index (χ2n) is 8.01. The predicted octanol–water partition coefficient (Wildman–Crippen LogP) is 3.98. The lowest BCUT2D eigenvalue weighted by molar-refractivity contribution is -0.141. The molecular formula is C24H20F4N4O4. The molecule has 0 radical (unpaired) electrons. The van der Waals surface area contributed by atoms with Gasteiger partial charge in [-0.15, -0.1) is 0 Å². The van der Waals surface area contributed by atoms with Crippen LogP contribution in [0.5, 0.6) is 0 Å². The molecule has 1 aliphatic rings. The van der Waals surface area contributed by atoms with Gasteiger partial charge in [0.15, 0.2) is 5.69 Å². The van der Waals surface area contributed by atoms with E-state index in [2.05, 4.69) is 15.2 Å². The number of alkyl halides is 3. The normalized spacial score (nSPS) is 13.8. The molecule has 0 unspecified atom stereocenters. The molecule has 2 heterocycles. The number of ether oxygens (including phenoxy) is 1.